The molecular formula is C34H56N4O5. The molecule has 3 aliphatic heterocycles. The zero-order chi connectivity index (χ0) is 31.6. The Labute approximate surface area is 259 Å². The van der Waals surface area contributed by atoms with E-state index in [4.69, 9.17) is 20.4 Å². The number of hydrogen-bond acceptors (Lipinski definition) is 6. The minimum atomic E-state index is -0.833. The highest BCUT2D eigenvalue weighted by Crippen LogP contribution is 2.37. The minimum Gasteiger partial charge on any atom is -0.493 e. The van der Waals surface area contributed by atoms with Crippen LogP contribution < -0.4 is 10.5 Å². The van der Waals surface area contributed by atoms with Gasteiger partial charge in [0.15, 0.2) is 0 Å². The molecule has 3 heterocycles. The molecule has 1 aromatic carbocycles. The average Bonchev–Trinajstić information content (AvgIpc) is 3.64. The van der Waals surface area contributed by atoms with Crippen LogP contribution in [0.25, 0.3) is 0 Å². The molecule has 3 atom stereocenters. The summed E-state index contributed by atoms with van der Waals surface area (Å²) in [5.41, 5.74) is 8.54. The lowest BCUT2D eigenvalue weighted by atomic mass is 9.93. The third kappa shape index (κ3) is 10.8. The number of carbonyl (C=O) groups is 3. The number of ether oxygens (including phenoxy) is 1. The summed E-state index contributed by atoms with van der Waals surface area (Å²) in [5, 5.41) is 7.42. The maximum Gasteiger partial charge on any atom is 0.300 e. The van der Waals surface area contributed by atoms with E-state index >= 15 is 0 Å². The van der Waals surface area contributed by atoms with Gasteiger partial charge in [-0.1, -0.05) is 46.2 Å². The van der Waals surface area contributed by atoms with Gasteiger partial charge in [0.1, 0.15) is 5.75 Å². The summed E-state index contributed by atoms with van der Waals surface area (Å²) < 4.78 is 5.74. The molecule has 242 valence electrons. The van der Waals surface area contributed by atoms with Gasteiger partial charge < -0.3 is 25.4 Å². The lowest BCUT2D eigenvalue weighted by Gasteiger charge is -2.30. The van der Waals surface area contributed by atoms with Gasteiger partial charge in [0.2, 0.25) is 11.8 Å². The quantitative estimate of drug-likeness (QED) is 0.323. The molecule has 0 aromatic heterocycles. The molecule has 0 bridgehead atoms. The van der Waals surface area contributed by atoms with E-state index in [2.05, 4.69) is 55.7 Å². The van der Waals surface area contributed by atoms with E-state index < -0.39 is 5.97 Å². The first-order valence-corrected chi connectivity index (χ1v) is 16.4. The van der Waals surface area contributed by atoms with Crippen molar-refractivity contribution in [3.8, 4) is 5.75 Å². The number of amides is 2. The Balaban J connectivity index is 0.00000119. The van der Waals surface area contributed by atoms with Crippen molar-refractivity contribution in [2.24, 2.45) is 17.1 Å². The van der Waals surface area contributed by atoms with Gasteiger partial charge in [-0.2, -0.15) is 0 Å². The Hall–Kier alpha value is -2.65. The van der Waals surface area contributed by atoms with Crippen LogP contribution in [0, 0.1) is 11.3 Å². The molecule has 0 spiro atoms. The lowest BCUT2D eigenvalue weighted by molar-refractivity contribution is -0.134. The largest absolute Gasteiger partial charge is 0.493 e. The molecule has 2 saturated heterocycles. The molecule has 0 saturated carbocycles. The molecule has 1 aromatic rings. The van der Waals surface area contributed by atoms with Gasteiger partial charge in [-0.3, -0.25) is 19.3 Å². The van der Waals surface area contributed by atoms with Crippen molar-refractivity contribution in [3.05, 3.63) is 29.3 Å². The van der Waals surface area contributed by atoms with Crippen molar-refractivity contribution in [2.75, 3.05) is 52.4 Å². The number of carboxylic acid groups (broad SMARTS) is 1. The summed E-state index contributed by atoms with van der Waals surface area (Å²) in [6.07, 6.45) is 7.74. The van der Waals surface area contributed by atoms with E-state index in [1.54, 1.807) is 0 Å². The van der Waals surface area contributed by atoms with Crippen molar-refractivity contribution in [2.45, 2.75) is 97.9 Å². The third-order valence-corrected chi connectivity index (χ3v) is 9.05. The van der Waals surface area contributed by atoms with Crippen LogP contribution in [0.4, 0.5) is 0 Å². The molecule has 0 radical (unpaired) electrons. The third-order valence-electron chi connectivity index (χ3n) is 9.05. The minimum absolute atomic E-state index is 0.0542. The second-order valence-corrected chi connectivity index (χ2v) is 13.7. The first-order chi connectivity index (χ1) is 20.4. The molecule has 1 unspecified atom stereocenters. The summed E-state index contributed by atoms with van der Waals surface area (Å²) in [6.45, 7) is 15.9. The number of benzene rings is 1. The summed E-state index contributed by atoms with van der Waals surface area (Å²) in [6, 6.07) is 6.97. The van der Waals surface area contributed by atoms with Crippen molar-refractivity contribution in [3.63, 3.8) is 0 Å². The average molecular weight is 601 g/mol. The van der Waals surface area contributed by atoms with Gasteiger partial charge >= 0.3 is 0 Å². The van der Waals surface area contributed by atoms with Gasteiger partial charge in [-0.05, 0) is 73.1 Å². The van der Waals surface area contributed by atoms with Gasteiger partial charge in [0.05, 0.1) is 13.2 Å². The lowest BCUT2D eigenvalue weighted by Crippen LogP contribution is -2.44. The number of nitrogens with zero attached hydrogens (tertiary/aromatic N) is 3. The first kappa shape index (κ1) is 34.8. The van der Waals surface area contributed by atoms with E-state index in [0.29, 0.717) is 37.4 Å². The standard InChI is InChI=1S/C32H52N4O3.C2H4O2/c1-5-6-13-34(14-7-8-24(2)20-33)31(38)22-36-21-27(25-9-10-29-26(17-25)12-16-39-29)18-28(36)11-15-35-23-32(3,4)19-30(35)37;1-2(3)4/h9-10,17,24,27-28H,5-8,11-16,18-23,33H2,1-4H3;1H3,(H,3,4)/t24?,27-,28+;/m1./s1. The zero-order valence-corrected chi connectivity index (χ0v) is 27.3. The van der Waals surface area contributed by atoms with E-state index in [1.807, 2.05) is 4.90 Å². The Bertz CT molecular complexity index is 1070. The van der Waals surface area contributed by atoms with Crippen molar-refractivity contribution >= 4 is 17.8 Å². The van der Waals surface area contributed by atoms with Crippen LogP contribution in [-0.2, 0) is 20.8 Å². The summed E-state index contributed by atoms with van der Waals surface area (Å²) in [7, 11) is 0. The number of fused-ring (bicyclic) bond motifs is 1. The molecule has 3 aliphatic rings. The highest BCUT2D eigenvalue weighted by atomic mass is 16.5. The van der Waals surface area contributed by atoms with Crippen LogP contribution in [0.1, 0.15) is 96.6 Å². The second-order valence-electron chi connectivity index (χ2n) is 13.7. The van der Waals surface area contributed by atoms with Crippen molar-refractivity contribution in [1.29, 1.82) is 0 Å². The SMILES string of the molecule is CC(=O)O.CCCCN(CCCC(C)CN)C(=O)CN1C[C@H](c2ccc3c(c2)CCO3)C[C@@H]1CCN1CC(C)(C)CC1=O. The number of aliphatic carboxylic acids is 1. The van der Waals surface area contributed by atoms with Crippen LogP contribution in [0.2, 0.25) is 0 Å². The molecule has 9 nitrogen and oxygen atoms in total. The Morgan fingerprint density at radius 1 is 1.23 bits per heavy atom. The normalized spacial score (nSPS) is 21.6. The zero-order valence-electron chi connectivity index (χ0n) is 27.3. The molecule has 2 fully saturated rings. The van der Waals surface area contributed by atoms with Gasteiger partial charge in [-0.15, -0.1) is 0 Å². The molecule has 4 rings (SSSR count). The van der Waals surface area contributed by atoms with Crippen LogP contribution in [-0.4, -0.2) is 96.1 Å². The van der Waals surface area contributed by atoms with Gasteiger partial charge in [-0.25, -0.2) is 0 Å². The highest BCUT2D eigenvalue weighted by Gasteiger charge is 2.38. The summed E-state index contributed by atoms with van der Waals surface area (Å²) in [4.78, 5) is 41.9. The fourth-order valence-electron chi connectivity index (χ4n) is 6.60. The topological polar surface area (TPSA) is 116 Å². The van der Waals surface area contributed by atoms with Crippen molar-refractivity contribution < 1.29 is 24.2 Å². The Kier molecular flexibility index (Phi) is 13.3. The smallest absolute Gasteiger partial charge is 0.300 e. The van der Waals surface area contributed by atoms with Crippen molar-refractivity contribution in [1.82, 2.24) is 14.7 Å². The molecule has 43 heavy (non-hydrogen) atoms. The fraction of sp³-hybridized carbons (Fsp3) is 0.735. The van der Waals surface area contributed by atoms with E-state index in [0.717, 1.165) is 96.9 Å². The number of unbranched alkanes of at least 4 members (excludes halogenated alkanes) is 1. The first-order valence-electron chi connectivity index (χ1n) is 16.4. The van der Waals surface area contributed by atoms with Gasteiger partial charge in [0, 0.05) is 58.5 Å². The summed E-state index contributed by atoms with van der Waals surface area (Å²) >= 11 is 0. The number of carbonyl (C=O) groups excluding carboxylic acids is 2. The Morgan fingerprint density at radius 2 is 1.95 bits per heavy atom. The molecular weight excluding hydrogens is 544 g/mol. The highest BCUT2D eigenvalue weighted by molar-refractivity contribution is 5.79. The number of rotatable bonds is 14. The van der Waals surface area contributed by atoms with Gasteiger partial charge in [0.25, 0.3) is 5.97 Å². The van der Waals surface area contributed by atoms with Crippen LogP contribution in [0.15, 0.2) is 18.2 Å². The fourth-order valence-corrected chi connectivity index (χ4v) is 6.60. The maximum atomic E-state index is 13.7. The number of carboxylic acids is 1. The van der Waals surface area contributed by atoms with E-state index in [9.17, 15) is 9.59 Å². The molecule has 3 N–H and O–H groups in total. The number of likely N-dealkylation sites (tertiary alicyclic amines) is 2. The van der Waals surface area contributed by atoms with Crippen LogP contribution >= 0.6 is 0 Å². The molecule has 9 heteroatoms. The van der Waals surface area contributed by atoms with Crippen LogP contribution in [0.3, 0.4) is 0 Å². The predicted octanol–water partition coefficient (Wildman–Crippen LogP) is 4.52. The monoisotopic (exact) mass is 600 g/mol. The number of hydrogen-bond donors (Lipinski definition) is 2. The second kappa shape index (κ2) is 16.4. The van der Waals surface area contributed by atoms with Crippen LogP contribution in [0.5, 0.6) is 5.75 Å². The number of nitrogens with two attached hydrogens (primary N) is 1. The molecule has 0 aliphatic carbocycles. The summed E-state index contributed by atoms with van der Waals surface area (Å²) in [5.74, 6) is 1.59. The Morgan fingerprint density at radius 3 is 2.60 bits per heavy atom. The van der Waals surface area contributed by atoms with E-state index in [-0.39, 0.29) is 17.2 Å². The maximum absolute atomic E-state index is 13.7. The predicted molar refractivity (Wildman–Crippen MR) is 170 cm³/mol. The molecule has 2 amide bonds. The van der Waals surface area contributed by atoms with E-state index in [1.165, 1.54) is 11.1 Å².